The molecule has 0 aliphatic rings. The lowest BCUT2D eigenvalue weighted by atomic mass is 10.3. The third kappa shape index (κ3) is 11.4. The van der Waals surface area contributed by atoms with Crippen molar-refractivity contribution in [3.05, 3.63) is 17.4 Å². The Bertz CT molecular complexity index is 291. The minimum atomic E-state index is -3.27. The minimum absolute atomic E-state index is 0.250. The summed E-state index contributed by atoms with van der Waals surface area (Å²) in [5.74, 6) is 0. The van der Waals surface area contributed by atoms with Crippen LogP contribution < -0.4 is 0 Å². The van der Waals surface area contributed by atoms with Crippen molar-refractivity contribution in [1.82, 2.24) is 0 Å². The van der Waals surface area contributed by atoms with E-state index in [1.54, 1.807) is 0 Å². The standard InChI is InChI=1S/C9H16O3S/c1-9(2)7-5-4-6-8-12-13(3,10)11/h5H,4,6,8H2,1-3H3. The summed E-state index contributed by atoms with van der Waals surface area (Å²) in [5, 5.41) is 0. The normalized spacial score (nSPS) is 10.7. The lowest BCUT2D eigenvalue weighted by Crippen LogP contribution is -2.03. The molecule has 0 unspecified atom stereocenters. The van der Waals surface area contributed by atoms with Crippen LogP contribution in [0.15, 0.2) is 17.4 Å². The Morgan fingerprint density at radius 2 is 2.08 bits per heavy atom. The highest BCUT2D eigenvalue weighted by molar-refractivity contribution is 7.85. The van der Waals surface area contributed by atoms with E-state index in [0.717, 1.165) is 18.2 Å². The van der Waals surface area contributed by atoms with Crippen molar-refractivity contribution in [2.24, 2.45) is 0 Å². The van der Waals surface area contributed by atoms with Crippen molar-refractivity contribution in [3.8, 4) is 0 Å². The van der Waals surface area contributed by atoms with Gasteiger partial charge in [0.25, 0.3) is 10.1 Å². The van der Waals surface area contributed by atoms with Gasteiger partial charge in [0.1, 0.15) is 0 Å². The fourth-order valence-electron chi connectivity index (χ4n) is 0.672. The average molecular weight is 204 g/mol. The van der Waals surface area contributed by atoms with Crippen LogP contribution in [0, 0.1) is 0 Å². The maximum absolute atomic E-state index is 10.5. The van der Waals surface area contributed by atoms with E-state index in [0.29, 0.717) is 6.42 Å². The first-order chi connectivity index (χ1) is 5.92. The predicted octanol–water partition coefficient (Wildman–Crippen LogP) is 1.86. The van der Waals surface area contributed by atoms with Crippen molar-refractivity contribution < 1.29 is 12.6 Å². The fourth-order valence-corrected chi connectivity index (χ4v) is 1.09. The van der Waals surface area contributed by atoms with Crippen LogP contribution in [0.4, 0.5) is 0 Å². The van der Waals surface area contributed by atoms with E-state index in [1.165, 1.54) is 0 Å². The molecule has 0 aliphatic carbocycles. The van der Waals surface area contributed by atoms with Crippen molar-refractivity contribution in [3.63, 3.8) is 0 Å². The first-order valence-electron chi connectivity index (χ1n) is 4.14. The molecule has 0 saturated carbocycles. The van der Waals surface area contributed by atoms with Gasteiger partial charge in [-0.25, -0.2) is 0 Å². The number of hydrogen-bond donors (Lipinski definition) is 0. The summed E-state index contributed by atoms with van der Waals surface area (Å²) < 4.78 is 25.6. The van der Waals surface area contributed by atoms with Crippen molar-refractivity contribution in [2.45, 2.75) is 26.7 Å². The van der Waals surface area contributed by atoms with E-state index < -0.39 is 10.1 Å². The van der Waals surface area contributed by atoms with Gasteiger partial charge in [-0.15, -0.1) is 5.73 Å². The second-order valence-electron chi connectivity index (χ2n) is 3.02. The predicted molar refractivity (Wildman–Crippen MR) is 53.0 cm³/mol. The van der Waals surface area contributed by atoms with Crippen LogP contribution in [0.1, 0.15) is 26.7 Å². The highest BCUT2D eigenvalue weighted by atomic mass is 32.2. The van der Waals surface area contributed by atoms with E-state index in [-0.39, 0.29) is 6.61 Å². The summed E-state index contributed by atoms with van der Waals surface area (Å²) in [4.78, 5) is 0. The van der Waals surface area contributed by atoms with Gasteiger partial charge in [-0.05, 0) is 38.3 Å². The molecule has 0 bridgehead atoms. The van der Waals surface area contributed by atoms with Gasteiger partial charge < -0.3 is 0 Å². The zero-order valence-electron chi connectivity index (χ0n) is 8.33. The first kappa shape index (κ1) is 12.4. The molecule has 13 heavy (non-hydrogen) atoms. The summed E-state index contributed by atoms with van der Waals surface area (Å²) in [6.45, 7) is 4.17. The summed E-state index contributed by atoms with van der Waals surface area (Å²) in [5.41, 5.74) is 4.14. The van der Waals surface area contributed by atoms with Crippen LogP contribution in [0.25, 0.3) is 0 Å². The molecular weight excluding hydrogens is 188 g/mol. The minimum Gasteiger partial charge on any atom is -0.270 e. The summed E-state index contributed by atoms with van der Waals surface area (Å²) in [7, 11) is -3.27. The monoisotopic (exact) mass is 204 g/mol. The Labute approximate surface area is 80.2 Å². The topological polar surface area (TPSA) is 43.4 Å². The highest BCUT2D eigenvalue weighted by Gasteiger charge is 1.98. The van der Waals surface area contributed by atoms with Gasteiger partial charge in [0.15, 0.2) is 0 Å². The molecule has 0 spiro atoms. The van der Waals surface area contributed by atoms with Gasteiger partial charge in [-0.3, -0.25) is 4.18 Å². The molecule has 0 rings (SSSR count). The Balaban J connectivity index is 3.55. The van der Waals surface area contributed by atoms with E-state index in [2.05, 4.69) is 9.91 Å². The number of unbranched alkanes of at least 4 members (excludes halogenated alkanes) is 1. The molecule has 0 N–H and O–H groups in total. The molecule has 0 aromatic rings. The van der Waals surface area contributed by atoms with Crippen LogP contribution in [0.5, 0.6) is 0 Å². The molecule has 76 valence electrons. The van der Waals surface area contributed by atoms with Crippen molar-refractivity contribution >= 4 is 10.1 Å². The maximum Gasteiger partial charge on any atom is 0.264 e. The first-order valence-corrected chi connectivity index (χ1v) is 5.96. The molecule has 0 saturated heterocycles. The van der Waals surface area contributed by atoms with Crippen LogP contribution in [-0.4, -0.2) is 21.3 Å². The third-order valence-corrected chi connectivity index (χ3v) is 1.78. The van der Waals surface area contributed by atoms with Crippen molar-refractivity contribution in [1.29, 1.82) is 0 Å². The van der Waals surface area contributed by atoms with Crippen LogP contribution in [0.3, 0.4) is 0 Å². The number of rotatable bonds is 5. The van der Waals surface area contributed by atoms with Gasteiger partial charge in [0.05, 0.1) is 12.9 Å². The second-order valence-corrected chi connectivity index (χ2v) is 4.66. The summed E-state index contributed by atoms with van der Waals surface area (Å²) >= 11 is 0. The SMILES string of the molecule is CC(C)=C=CCCCOS(C)(=O)=O. The van der Waals surface area contributed by atoms with E-state index >= 15 is 0 Å². The molecule has 0 amide bonds. The molecule has 0 fully saturated rings. The number of hydrogen-bond acceptors (Lipinski definition) is 3. The van der Waals surface area contributed by atoms with Gasteiger partial charge in [-0.1, -0.05) is 0 Å². The largest absolute Gasteiger partial charge is 0.270 e. The fraction of sp³-hybridized carbons (Fsp3) is 0.667. The maximum atomic E-state index is 10.5. The van der Waals surface area contributed by atoms with Gasteiger partial charge in [0.2, 0.25) is 0 Å². The quantitative estimate of drug-likeness (QED) is 0.390. The zero-order chi connectivity index (χ0) is 10.3. The average Bonchev–Trinajstić information content (AvgIpc) is 1.93. The molecule has 0 aromatic carbocycles. The van der Waals surface area contributed by atoms with E-state index in [4.69, 9.17) is 0 Å². The molecule has 4 heteroatoms. The molecule has 0 heterocycles. The zero-order valence-corrected chi connectivity index (χ0v) is 9.15. The van der Waals surface area contributed by atoms with Gasteiger partial charge in [0, 0.05) is 0 Å². The molecule has 0 radical (unpaired) electrons. The third-order valence-electron chi connectivity index (χ3n) is 1.18. The summed E-state index contributed by atoms with van der Waals surface area (Å²) in [6, 6.07) is 0. The van der Waals surface area contributed by atoms with Crippen molar-refractivity contribution in [2.75, 3.05) is 12.9 Å². The highest BCUT2D eigenvalue weighted by Crippen LogP contribution is 1.95. The van der Waals surface area contributed by atoms with Crippen LogP contribution in [-0.2, 0) is 14.3 Å². The molecule has 0 aromatic heterocycles. The number of allylic oxidation sites excluding steroid dienone is 1. The Morgan fingerprint density at radius 1 is 1.46 bits per heavy atom. The van der Waals surface area contributed by atoms with Gasteiger partial charge >= 0.3 is 0 Å². The molecule has 0 atom stereocenters. The lowest BCUT2D eigenvalue weighted by molar-refractivity contribution is 0.317. The molecule has 3 nitrogen and oxygen atoms in total. The molecular formula is C9H16O3S. The Kier molecular flexibility index (Phi) is 5.71. The second kappa shape index (κ2) is 5.97. The van der Waals surface area contributed by atoms with E-state index in [1.807, 2.05) is 19.9 Å². The molecule has 0 aliphatic heterocycles. The Morgan fingerprint density at radius 3 is 2.54 bits per heavy atom. The van der Waals surface area contributed by atoms with Crippen LogP contribution >= 0.6 is 0 Å². The smallest absolute Gasteiger partial charge is 0.264 e. The van der Waals surface area contributed by atoms with E-state index in [9.17, 15) is 8.42 Å². The summed E-state index contributed by atoms with van der Waals surface area (Å²) in [6.07, 6.45) is 4.44. The van der Waals surface area contributed by atoms with Gasteiger partial charge in [-0.2, -0.15) is 8.42 Å². The lowest BCUT2D eigenvalue weighted by Gasteiger charge is -1.97. The van der Waals surface area contributed by atoms with Crippen LogP contribution in [0.2, 0.25) is 0 Å². The Hall–Kier alpha value is -0.570.